The molecule has 41 heavy (non-hydrogen) atoms. The van der Waals surface area contributed by atoms with Crippen LogP contribution in [0, 0.1) is 0 Å². The van der Waals surface area contributed by atoms with Crippen molar-refractivity contribution < 1.29 is 24.5 Å². The van der Waals surface area contributed by atoms with E-state index in [4.69, 9.17) is 16.2 Å². The lowest BCUT2D eigenvalue weighted by Gasteiger charge is -2.49. The molecule has 6 rings (SSSR count). The van der Waals surface area contributed by atoms with Crippen molar-refractivity contribution in [1.82, 2.24) is 31.0 Å². The Hall–Kier alpha value is -4.50. The van der Waals surface area contributed by atoms with Gasteiger partial charge in [-0.15, -0.1) is 5.10 Å². The lowest BCUT2D eigenvalue weighted by molar-refractivity contribution is -0.230. The molecule has 9 N–H and O–H groups in total. The van der Waals surface area contributed by atoms with E-state index >= 15 is 0 Å². The fourth-order valence-corrected chi connectivity index (χ4v) is 6.15. The van der Waals surface area contributed by atoms with Crippen LogP contribution in [0.2, 0.25) is 0 Å². The van der Waals surface area contributed by atoms with Gasteiger partial charge in [-0.2, -0.15) is 5.10 Å². The number of carbonyl (C=O) groups is 2. The van der Waals surface area contributed by atoms with Crippen LogP contribution in [0.1, 0.15) is 46.7 Å². The SMILES string of the molecule is CC1(C)CCOc2c(C(=O)NC3CN4C(N)=N[C@@H](CNC(=O)c5cccnn5)[C@@H]5N=C(N)N[C@@]54C3(O)O)cccc21. The zero-order valence-electron chi connectivity index (χ0n) is 22.5. The van der Waals surface area contributed by atoms with Gasteiger partial charge in [0.05, 0.1) is 18.2 Å². The maximum absolute atomic E-state index is 13.6. The van der Waals surface area contributed by atoms with Crippen LogP contribution in [0.15, 0.2) is 46.5 Å². The van der Waals surface area contributed by atoms with E-state index in [1.165, 1.54) is 17.2 Å². The maximum atomic E-state index is 13.6. The van der Waals surface area contributed by atoms with Crippen LogP contribution in [-0.2, 0) is 5.41 Å². The molecule has 15 nitrogen and oxygen atoms in total. The summed E-state index contributed by atoms with van der Waals surface area (Å²) < 4.78 is 5.89. The summed E-state index contributed by atoms with van der Waals surface area (Å²) in [5, 5.41) is 39.2. The fourth-order valence-electron chi connectivity index (χ4n) is 6.15. The second-order valence-corrected chi connectivity index (χ2v) is 11.3. The number of aliphatic imine (C=N–C) groups is 2. The van der Waals surface area contributed by atoms with Gasteiger partial charge in [0.1, 0.15) is 17.8 Å². The minimum absolute atomic E-state index is 0.0381. The van der Waals surface area contributed by atoms with Crippen LogP contribution in [0.3, 0.4) is 0 Å². The second kappa shape index (κ2) is 9.27. The van der Waals surface area contributed by atoms with Gasteiger partial charge in [-0.3, -0.25) is 9.59 Å². The lowest BCUT2D eigenvalue weighted by atomic mass is 9.79. The van der Waals surface area contributed by atoms with Crippen LogP contribution in [0.4, 0.5) is 0 Å². The number of ether oxygens (including phenoxy) is 1. The average molecular weight is 565 g/mol. The number of aliphatic hydroxyl groups is 2. The first kappa shape index (κ1) is 26.7. The first-order valence-corrected chi connectivity index (χ1v) is 13.3. The van der Waals surface area contributed by atoms with Crippen molar-refractivity contribution in [2.75, 3.05) is 19.7 Å². The Balaban J connectivity index is 1.27. The van der Waals surface area contributed by atoms with E-state index < -0.39 is 41.4 Å². The van der Waals surface area contributed by atoms with Gasteiger partial charge >= 0.3 is 0 Å². The number of fused-ring (bicyclic) bond motifs is 1. The Morgan fingerprint density at radius 3 is 2.73 bits per heavy atom. The quantitative estimate of drug-likeness (QED) is 0.192. The Bertz CT molecular complexity index is 1460. The van der Waals surface area contributed by atoms with E-state index in [9.17, 15) is 19.8 Å². The first-order valence-electron chi connectivity index (χ1n) is 13.3. The monoisotopic (exact) mass is 564 g/mol. The van der Waals surface area contributed by atoms with E-state index in [1.807, 2.05) is 6.07 Å². The van der Waals surface area contributed by atoms with E-state index in [2.05, 4.69) is 50.0 Å². The fraction of sp³-hybridized carbons (Fsp3) is 0.462. The van der Waals surface area contributed by atoms with Gasteiger partial charge < -0.3 is 47.3 Å². The molecule has 2 amide bonds. The highest BCUT2D eigenvalue weighted by atomic mass is 16.5. The number of hydrogen-bond acceptors (Lipinski definition) is 13. The third-order valence-electron chi connectivity index (χ3n) is 8.35. The van der Waals surface area contributed by atoms with Gasteiger partial charge in [0.25, 0.3) is 11.8 Å². The van der Waals surface area contributed by atoms with Gasteiger partial charge in [0, 0.05) is 24.8 Å². The normalized spacial score (nSPS) is 28.6. The second-order valence-electron chi connectivity index (χ2n) is 11.3. The summed E-state index contributed by atoms with van der Waals surface area (Å²) in [7, 11) is 0. The Kier molecular flexibility index (Phi) is 6.04. The number of hydrogen-bond donors (Lipinski definition) is 7. The molecule has 0 radical (unpaired) electrons. The Morgan fingerprint density at radius 2 is 1.98 bits per heavy atom. The Labute approximate surface area is 235 Å². The molecule has 4 aliphatic rings. The van der Waals surface area contributed by atoms with E-state index in [1.54, 1.807) is 18.2 Å². The number of amides is 2. The van der Waals surface area contributed by atoms with E-state index in [0.717, 1.165) is 12.0 Å². The van der Waals surface area contributed by atoms with Crippen LogP contribution in [-0.4, -0.2) is 98.3 Å². The van der Waals surface area contributed by atoms with Gasteiger partial charge in [-0.05, 0) is 30.0 Å². The van der Waals surface area contributed by atoms with Crippen molar-refractivity contribution in [3.8, 4) is 5.75 Å². The number of rotatable bonds is 5. The number of aromatic nitrogens is 2. The summed E-state index contributed by atoms with van der Waals surface area (Å²) in [4.78, 5) is 36.5. The largest absolute Gasteiger partial charge is 0.492 e. The van der Waals surface area contributed by atoms with Gasteiger partial charge in [0.15, 0.2) is 23.3 Å². The molecule has 4 aliphatic heterocycles. The molecular weight excluding hydrogens is 532 g/mol. The average Bonchev–Trinajstić information content (AvgIpc) is 3.41. The highest BCUT2D eigenvalue weighted by Gasteiger charge is 2.73. The maximum Gasteiger partial charge on any atom is 0.271 e. The van der Waals surface area contributed by atoms with Gasteiger partial charge in [-0.25, -0.2) is 9.98 Å². The van der Waals surface area contributed by atoms with Crippen molar-refractivity contribution in [3.05, 3.63) is 53.3 Å². The number of para-hydroxylation sites is 1. The van der Waals surface area contributed by atoms with Crippen molar-refractivity contribution in [2.45, 2.75) is 55.3 Å². The summed E-state index contributed by atoms with van der Waals surface area (Å²) in [6, 6.07) is 5.37. The predicted octanol–water partition coefficient (Wildman–Crippen LogP) is -2.26. The zero-order valence-corrected chi connectivity index (χ0v) is 22.5. The summed E-state index contributed by atoms with van der Waals surface area (Å²) in [6.07, 6.45) is 2.25. The first-order chi connectivity index (χ1) is 19.5. The van der Waals surface area contributed by atoms with Crippen LogP contribution < -0.4 is 32.2 Å². The molecule has 15 heteroatoms. The number of nitrogens with two attached hydrogens (primary N) is 2. The molecule has 216 valence electrons. The third-order valence-corrected chi connectivity index (χ3v) is 8.35. The standard InChI is InChI=1S/C26H32N10O5/c1-24(2)8-10-41-18-13(5-3-6-14(18)24)20(37)32-17-12-36-23(28)31-16(11-29-21(38)15-7-4-9-30-35-15)19-25(36,26(17,39)40)34-22(27)33-19/h3-7,9,16-17,19,39-40H,8,10-12H2,1-2H3,(H2,28,31)(H,29,38)(H,32,37)(H3,27,33,34)/t16-,17?,19-,25-/m0/s1. The minimum atomic E-state index is -2.62. The lowest BCUT2D eigenvalue weighted by Crippen LogP contribution is -2.78. The number of benzene rings is 1. The molecule has 0 bridgehead atoms. The molecule has 1 aromatic heterocycles. The number of nitrogens with zero attached hydrogens (tertiary/aromatic N) is 5. The molecule has 0 saturated carbocycles. The predicted molar refractivity (Wildman–Crippen MR) is 146 cm³/mol. The minimum Gasteiger partial charge on any atom is -0.492 e. The third kappa shape index (κ3) is 4.02. The van der Waals surface area contributed by atoms with Crippen molar-refractivity contribution in [2.24, 2.45) is 21.5 Å². The topological polar surface area (TPSA) is 226 Å². The molecule has 1 saturated heterocycles. The van der Waals surface area contributed by atoms with Gasteiger partial charge in [-0.1, -0.05) is 26.0 Å². The van der Waals surface area contributed by atoms with Crippen LogP contribution in [0.25, 0.3) is 0 Å². The van der Waals surface area contributed by atoms with Gasteiger partial charge in [0.2, 0.25) is 5.79 Å². The molecule has 1 aromatic carbocycles. The molecule has 1 spiro atoms. The molecule has 2 aromatic rings. The molecule has 1 fully saturated rings. The number of nitrogens with one attached hydrogen (secondary N) is 3. The highest BCUT2D eigenvalue weighted by molar-refractivity contribution is 5.98. The van der Waals surface area contributed by atoms with Crippen molar-refractivity contribution in [3.63, 3.8) is 0 Å². The van der Waals surface area contributed by atoms with E-state index in [0.29, 0.717) is 12.4 Å². The van der Waals surface area contributed by atoms with Crippen molar-refractivity contribution in [1.29, 1.82) is 0 Å². The van der Waals surface area contributed by atoms with Crippen LogP contribution in [0.5, 0.6) is 5.75 Å². The van der Waals surface area contributed by atoms with Crippen molar-refractivity contribution >= 4 is 23.7 Å². The molecule has 4 atom stereocenters. The summed E-state index contributed by atoms with van der Waals surface area (Å²) in [5.74, 6) is -3.30. The van der Waals surface area contributed by atoms with E-state index in [-0.39, 0.29) is 41.7 Å². The summed E-state index contributed by atoms with van der Waals surface area (Å²) >= 11 is 0. The highest BCUT2D eigenvalue weighted by Crippen LogP contribution is 2.45. The molecule has 0 aliphatic carbocycles. The molecule has 5 heterocycles. The smallest absolute Gasteiger partial charge is 0.271 e. The molecular formula is C26H32N10O5. The molecule has 1 unspecified atom stereocenters. The number of carbonyl (C=O) groups excluding carboxylic acids is 2. The Morgan fingerprint density at radius 1 is 1.17 bits per heavy atom. The summed E-state index contributed by atoms with van der Waals surface area (Å²) in [5.41, 5.74) is 11.7. The summed E-state index contributed by atoms with van der Waals surface area (Å²) in [6.45, 7) is 4.45. The number of guanidine groups is 2. The van der Waals surface area contributed by atoms with Crippen LogP contribution >= 0.6 is 0 Å². The zero-order chi connectivity index (χ0) is 29.2.